The molecule has 0 aliphatic rings. The van der Waals surface area contributed by atoms with Gasteiger partial charge in [-0.1, -0.05) is 19.1 Å². The van der Waals surface area contributed by atoms with Gasteiger partial charge in [0.15, 0.2) is 0 Å². The van der Waals surface area contributed by atoms with Crippen LogP contribution in [0.2, 0.25) is 0 Å². The van der Waals surface area contributed by atoms with Gasteiger partial charge in [-0.2, -0.15) is 0 Å². The monoisotopic (exact) mass is 143 g/mol. The van der Waals surface area contributed by atoms with Crippen molar-refractivity contribution < 1.29 is 4.74 Å². The van der Waals surface area contributed by atoms with Gasteiger partial charge in [-0.25, -0.2) is 0 Å². The summed E-state index contributed by atoms with van der Waals surface area (Å²) in [6.45, 7) is 2.82. The SMILES string of the molecule is CCC(/C=C/CCN)OC. The topological polar surface area (TPSA) is 35.2 Å². The molecular formula is C8H17NO. The summed E-state index contributed by atoms with van der Waals surface area (Å²) >= 11 is 0. The van der Waals surface area contributed by atoms with Crippen LogP contribution in [0.15, 0.2) is 12.2 Å². The Hall–Kier alpha value is -0.340. The zero-order valence-corrected chi connectivity index (χ0v) is 6.84. The van der Waals surface area contributed by atoms with Crippen LogP contribution in [0.4, 0.5) is 0 Å². The molecule has 0 spiro atoms. The molecule has 0 aromatic carbocycles. The molecule has 0 bridgehead atoms. The minimum Gasteiger partial charge on any atom is -0.377 e. The highest BCUT2D eigenvalue weighted by Crippen LogP contribution is 1.97. The average molecular weight is 143 g/mol. The van der Waals surface area contributed by atoms with E-state index in [0.29, 0.717) is 0 Å². The van der Waals surface area contributed by atoms with E-state index in [9.17, 15) is 0 Å². The van der Waals surface area contributed by atoms with E-state index in [1.54, 1.807) is 7.11 Å². The Balaban J connectivity index is 3.40. The molecule has 0 radical (unpaired) electrons. The highest BCUT2D eigenvalue weighted by atomic mass is 16.5. The molecule has 10 heavy (non-hydrogen) atoms. The molecule has 1 atom stereocenters. The molecule has 0 amide bonds. The van der Waals surface area contributed by atoms with Gasteiger partial charge in [0.2, 0.25) is 0 Å². The zero-order valence-electron chi connectivity index (χ0n) is 6.84. The first-order valence-electron chi connectivity index (χ1n) is 3.74. The van der Waals surface area contributed by atoms with Crippen LogP contribution in [0.3, 0.4) is 0 Å². The Morgan fingerprint density at radius 3 is 2.70 bits per heavy atom. The summed E-state index contributed by atoms with van der Waals surface area (Å²) in [6.07, 6.45) is 6.37. The average Bonchev–Trinajstić information content (AvgIpc) is 1.99. The summed E-state index contributed by atoms with van der Waals surface area (Å²) in [5.41, 5.74) is 5.31. The maximum atomic E-state index is 5.31. The van der Waals surface area contributed by atoms with E-state index in [0.717, 1.165) is 19.4 Å². The second-order valence-corrected chi connectivity index (χ2v) is 2.19. The number of hydrogen-bond donors (Lipinski definition) is 1. The molecule has 60 valence electrons. The molecule has 2 nitrogen and oxygen atoms in total. The second kappa shape index (κ2) is 6.78. The summed E-state index contributed by atoms with van der Waals surface area (Å²) in [5, 5.41) is 0. The fraction of sp³-hybridized carbons (Fsp3) is 0.750. The van der Waals surface area contributed by atoms with Crippen LogP contribution < -0.4 is 5.73 Å². The van der Waals surface area contributed by atoms with Gasteiger partial charge in [0, 0.05) is 7.11 Å². The molecule has 0 rings (SSSR count). The highest BCUT2D eigenvalue weighted by Gasteiger charge is 1.94. The molecule has 0 saturated carbocycles. The predicted molar refractivity (Wildman–Crippen MR) is 43.9 cm³/mol. The van der Waals surface area contributed by atoms with Crippen molar-refractivity contribution in [2.75, 3.05) is 13.7 Å². The number of nitrogens with two attached hydrogens (primary N) is 1. The lowest BCUT2D eigenvalue weighted by Crippen LogP contribution is -2.04. The van der Waals surface area contributed by atoms with Crippen molar-refractivity contribution in [3.05, 3.63) is 12.2 Å². The van der Waals surface area contributed by atoms with Gasteiger partial charge < -0.3 is 10.5 Å². The van der Waals surface area contributed by atoms with E-state index < -0.39 is 0 Å². The predicted octanol–water partition coefficient (Wildman–Crippen LogP) is 1.32. The lowest BCUT2D eigenvalue weighted by Gasteiger charge is -2.05. The van der Waals surface area contributed by atoms with Crippen molar-refractivity contribution in [3.63, 3.8) is 0 Å². The first-order valence-corrected chi connectivity index (χ1v) is 3.74. The third-order valence-electron chi connectivity index (χ3n) is 1.39. The van der Waals surface area contributed by atoms with Crippen LogP contribution in [0.25, 0.3) is 0 Å². The van der Waals surface area contributed by atoms with Gasteiger partial charge in [-0.3, -0.25) is 0 Å². The number of rotatable bonds is 5. The van der Waals surface area contributed by atoms with Gasteiger partial charge in [0.1, 0.15) is 0 Å². The van der Waals surface area contributed by atoms with E-state index in [-0.39, 0.29) is 6.10 Å². The maximum Gasteiger partial charge on any atom is 0.0749 e. The number of hydrogen-bond acceptors (Lipinski definition) is 2. The second-order valence-electron chi connectivity index (χ2n) is 2.19. The summed E-state index contributed by atoms with van der Waals surface area (Å²) in [4.78, 5) is 0. The fourth-order valence-corrected chi connectivity index (χ4v) is 0.726. The molecule has 1 unspecified atom stereocenters. The van der Waals surface area contributed by atoms with E-state index in [1.807, 2.05) is 0 Å². The smallest absolute Gasteiger partial charge is 0.0749 e. The van der Waals surface area contributed by atoms with E-state index in [2.05, 4.69) is 19.1 Å². The first kappa shape index (κ1) is 9.66. The fourth-order valence-electron chi connectivity index (χ4n) is 0.726. The molecule has 0 aromatic heterocycles. The van der Waals surface area contributed by atoms with E-state index in [4.69, 9.17) is 10.5 Å². The quantitative estimate of drug-likeness (QED) is 0.589. The zero-order chi connectivity index (χ0) is 7.82. The lowest BCUT2D eigenvalue weighted by atomic mass is 10.2. The molecule has 0 aliphatic carbocycles. The maximum absolute atomic E-state index is 5.31. The van der Waals surface area contributed by atoms with E-state index >= 15 is 0 Å². The van der Waals surface area contributed by atoms with Crippen LogP contribution in [-0.4, -0.2) is 19.8 Å². The molecule has 2 N–H and O–H groups in total. The van der Waals surface area contributed by atoms with Crippen molar-refractivity contribution in [3.8, 4) is 0 Å². The van der Waals surface area contributed by atoms with Crippen LogP contribution in [0, 0.1) is 0 Å². The third-order valence-corrected chi connectivity index (χ3v) is 1.39. The molecule has 2 heteroatoms. The Morgan fingerprint density at radius 2 is 2.30 bits per heavy atom. The largest absolute Gasteiger partial charge is 0.377 e. The molecular weight excluding hydrogens is 126 g/mol. The summed E-state index contributed by atoms with van der Waals surface area (Å²) in [6, 6.07) is 0. The summed E-state index contributed by atoms with van der Waals surface area (Å²) < 4.78 is 5.12. The lowest BCUT2D eigenvalue weighted by molar-refractivity contribution is 0.138. The van der Waals surface area contributed by atoms with Gasteiger partial charge >= 0.3 is 0 Å². The first-order chi connectivity index (χ1) is 4.85. The van der Waals surface area contributed by atoms with Crippen LogP contribution in [0.1, 0.15) is 19.8 Å². The standard InChI is InChI=1S/C8H17NO/c1-3-8(10-2)6-4-5-7-9/h4,6,8H,3,5,7,9H2,1-2H3/b6-4+. The molecule has 0 heterocycles. The van der Waals surface area contributed by atoms with Gasteiger partial charge in [0.25, 0.3) is 0 Å². The van der Waals surface area contributed by atoms with Crippen molar-refractivity contribution in [2.24, 2.45) is 5.73 Å². The minimum atomic E-state index is 0.270. The van der Waals surface area contributed by atoms with Gasteiger partial charge in [0.05, 0.1) is 6.10 Å². The van der Waals surface area contributed by atoms with Crippen molar-refractivity contribution in [1.29, 1.82) is 0 Å². The number of ether oxygens (including phenoxy) is 1. The van der Waals surface area contributed by atoms with Crippen molar-refractivity contribution >= 4 is 0 Å². The normalized spacial score (nSPS) is 14.3. The molecule has 0 aromatic rings. The molecule has 0 aliphatic heterocycles. The Labute approximate surface area is 63.1 Å². The molecule has 0 fully saturated rings. The Kier molecular flexibility index (Phi) is 6.55. The van der Waals surface area contributed by atoms with Crippen molar-refractivity contribution in [1.82, 2.24) is 0 Å². The highest BCUT2D eigenvalue weighted by molar-refractivity contribution is 4.88. The Morgan fingerprint density at radius 1 is 1.60 bits per heavy atom. The molecule has 0 saturated heterocycles. The summed E-state index contributed by atoms with van der Waals surface area (Å²) in [7, 11) is 1.72. The third kappa shape index (κ3) is 4.53. The summed E-state index contributed by atoms with van der Waals surface area (Å²) in [5.74, 6) is 0. The Bertz CT molecular complexity index is 87.3. The van der Waals surface area contributed by atoms with Crippen molar-refractivity contribution in [2.45, 2.75) is 25.9 Å². The minimum absolute atomic E-state index is 0.270. The number of methoxy groups -OCH3 is 1. The van der Waals surface area contributed by atoms with Gasteiger partial charge in [-0.05, 0) is 19.4 Å². The van der Waals surface area contributed by atoms with Crippen LogP contribution in [0.5, 0.6) is 0 Å². The van der Waals surface area contributed by atoms with Gasteiger partial charge in [-0.15, -0.1) is 0 Å². The van der Waals surface area contributed by atoms with E-state index in [1.165, 1.54) is 0 Å². The van der Waals surface area contributed by atoms with Crippen LogP contribution >= 0.6 is 0 Å². The van der Waals surface area contributed by atoms with Crippen LogP contribution in [-0.2, 0) is 4.74 Å².